The van der Waals surface area contributed by atoms with Crippen LogP contribution in [0.5, 0.6) is 5.75 Å². The summed E-state index contributed by atoms with van der Waals surface area (Å²) in [6.07, 6.45) is 0. The molecule has 5 rings (SSSR count). The second kappa shape index (κ2) is 10.6. The summed E-state index contributed by atoms with van der Waals surface area (Å²) in [6.45, 7) is 1.99. The van der Waals surface area contributed by atoms with Crippen LogP contribution in [0.15, 0.2) is 115 Å². The number of nitrogens with zero attached hydrogens (tertiary/aromatic N) is 1. The summed E-state index contributed by atoms with van der Waals surface area (Å²) in [6, 6.07) is 35.8. The molecule has 1 aliphatic heterocycles. The highest BCUT2D eigenvalue weighted by Gasteiger charge is 2.46. The Morgan fingerprint density at radius 1 is 0.639 bits per heavy atom. The van der Waals surface area contributed by atoms with Crippen molar-refractivity contribution in [2.24, 2.45) is 0 Å². The van der Waals surface area contributed by atoms with Crippen LogP contribution in [0.25, 0.3) is 0 Å². The lowest BCUT2D eigenvalue weighted by molar-refractivity contribution is -0.138. The molecule has 5 heteroatoms. The van der Waals surface area contributed by atoms with E-state index in [1.54, 1.807) is 29.2 Å². The number of morpholine rings is 1. The van der Waals surface area contributed by atoms with Crippen molar-refractivity contribution in [2.75, 3.05) is 26.3 Å². The molecule has 0 radical (unpaired) electrons. The van der Waals surface area contributed by atoms with Crippen molar-refractivity contribution in [3.05, 3.63) is 138 Å². The van der Waals surface area contributed by atoms with Crippen LogP contribution in [0.1, 0.15) is 27.0 Å². The van der Waals surface area contributed by atoms with Crippen molar-refractivity contribution in [1.82, 2.24) is 4.90 Å². The number of hydrogen-bond donors (Lipinski definition) is 0. The van der Waals surface area contributed by atoms with E-state index in [-0.39, 0.29) is 11.7 Å². The largest absolute Gasteiger partial charge is 0.425 e. The highest BCUT2D eigenvalue weighted by Crippen LogP contribution is 2.41. The van der Waals surface area contributed by atoms with Crippen molar-refractivity contribution in [3.8, 4) is 5.75 Å². The van der Waals surface area contributed by atoms with E-state index < -0.39 is 11.4 Å². The number of carbonyl (C=O) groups is 2. The van der Waals surface area contributed by atoms with Crippen LogP contribution in [0.4, 0.5) is 0 Å². The van der Waals surface area contributed by atoms with E-state index in [4.69, 9.17) is 9.47 Å². The van der Waals surface area contributed by atoms with Crippen molar-refractivity contribution < 1.29 is 19.1 Å². The molecule has 0 aromatic heterocycles. The van der Waals surface area contributed by atoms with Gasteiger partial charge in [0, 0.05) is 13.1 Å². The average Bonchev–Trinajstić information content (AvgIpc) is 2.96. The number of rotatable bonds is 6. The molecule has 0 N–H and O–H groups in total. The van der Waals surface area contributed by atoms with Crippen LogP contribution in [0.2, 0.25) is 0 Å². The van der Waals surface area contributed by atoms with E-state index in [0.717, 1.165) is 16.7 Å². The molecule has 180 valence electrons. The van der Waals surface area contributed by atoms with E-state index >= 15 is 0 Å². The Morgan fingerprint density at radius 3 is 1.58 bits per heavy atom. The molecule has 1 heterocycles. The normalized spacial score (nSPS) is 13.7. The number of carbonyl (C=O) groups excluding carboxylic acids is 2. The fraction of sp³-hybridized carbons (Fsp3) is 0.161. The molecule has 0 unspecified atom stereocenters. The van der Waals surface area contributed by atoms with Crippen molar-refractivity contribution in [1.29, 1.82) is 0 Å². The number of para-hydroxylation sites is 1. The standard InChI is InChI=1S/C31H27NO4/c33-29(32-20-22-35-23-21-32)27-18-10-11-19-28(27)36-30(34)31(24-12-4-1-5-13-24,25-14-6-2-7-15-25)26-16-8-3-9-17-26/h1-19H,20-23H2. The van der Waals surface area contributed by atoms with Gasteiger partial charge in [-0.25, -0.2) is 4.79 Å². The summed E-state index contributed by atoms with van der Waals surface area (Å²) in [7, 11) is 0. The van der Waals surface area contributed by atoms with Gasteiger partial charge in [-0.1, -0.05) is 103 Å². The van der Waals surface area contributed by atoms with Crippen molar-refractivity contribution in [3.63, 3.8) is 0 Å². The van der Waals surface area contributed by atoms with Crippen molar-refractivity contribution >= 4 is 11.9 Å². The van der Waals surface area contributed by atoms with Crippen molar-refractivity contribution in [2.45, 2.75) is 5.41 Å². The highest BCUT2D eigenvalue weighted by molar-refractivity contribution is 5.99. The molecule has 4 aromatic rings. The van der Waals surface area contributed by atoms with E-state index in [0.29, 0.717) is 31.9 Å². The Bertz CT molecular complexity index is 1220. The van der Waals surface area contributed by atoms with E-state index in [1.165, 1.54) is 0 Å². The first-order chi connectivity index (χ1) is 17.7. The van der Waals surface area contributed by atoms with Gasteiger partial charge in [0.05, 0.1) is 18.8 Å². The molecule has 1 fully saturated rings. The maximum atomic E-state index is 14.4. The van der Waals surface area contributed by atoms with Gasteiger partial charge < -0.3 is 14.4 Å². The Labute approximate surface area is 210 Å². The van der Waals surface area contributed by atoms with Gasteiger partial charge in [-0.2, -0.15) is 0 Å². The lowest BCUT2D eigenvalue weighted by Crippen LogP contribution is -2.43. The number of hydrogen-bond acceptors (Lipinski definition) is 4. The SMILES string of the molecule is O=C(c1ccccc1OC(=O)C(c1ccccc1)(c1ccccc1)c1ccccc1)N1CCOCC1. The zero-order valence-electron chi connectivity index (χ0n) is 19.9. The molecule has 1 saturated heterocycles. The first-order valence-corrected chi connectivity index (χ1v) is 12.1. The third kappa shape index (κ3) is 4.41. The van der Waals surface area contributed by atoms with E-state index in [2.05, 4.69) is 0 Å². The Morgan fingerprint density at radius 2 is 1.08 bits per heavy atom. The molecule has 36 heavy (non-hydrogen) atoms. The molecule has 0 aliphatic carbocycles. The smallest absolute Gasteiger partial charge is 0.331 e. The quantitative estimate of drug-likeness (QED) is 0.220. The molecule has 5 nitrogen and oxygen atoms in total. The monoisotopic (exact) mass is 477 g/mol. The van der Waals surface area contributed by atoms with Crippen LogP contribution in [-0.2, 0) is 14.9 Å². The molecule has 1 aliphatic rings. The fourth-order valence-electron chi connectivity index (χ4n) is 4.76. The van der Waals surface area contributed by atoms with Gasteiger partial charge in [0.15, 0.2) is 0 Å². The average molecular weight is 478 g/mol. The lowest BCUT2D eigenvalue weighted by atomic mass is 9.69. The van der Waals surface area contributed by atoms with Gasteiger partial charge in [0.2, 0.25) is 0 Å². The van der Waals surface area contributed by atoms with Gasteiger partial charge in [0.1, 0.15) is 11.2 Å². The van der Waals surface area contributed by atoms with Gasteiger partial charge in [-0.05, 0) is 28.8 Å². The summed E-state index contributed by atoms with van der Waals surface area (Å²) in [5.41, 5.74) is 1.47. The highest BCUT2D eigenvalue weighted by atomic mass is 16.5. The first kappa shape index (κ1) is 23.5. The van der Waals surface area contributed by atoms with Gasteiger partial charge in [0.25, 0.3) is 5.91 Å². The molecular formula is C31H27NO4. The third-order valence-electron chi connectivity index (χ3n) is 6.55. The number of amides is 1. The van der Waals surface area contributed by atoms with Crippen LogP contribution in [0, 0.1) is 0 Å². The Kier molecular flexibility index (Phi) is 6.92. The summed E-state index contributed by atoms with van der Waals surface area (Å²) in [5, 5.41) is 0. The number of ether oxygens (including phenoxy) is 2. The zero-order chi connectivity index (χ0) is 24.8. The molecule has 0 bridgehead atoms. The molecule has 0 saturated carbocycles. The topological polar surface area (TPSA) is 55.8 Å². The van der Waals surface area contributed by atoms with Crippen LogP contribution >= 0.6 is 0 Å². The zero-order valence-corrected chi connectivity index (χ0v) is 19.9. The minimum atomic E-state index is -1.24. The summed E-state index contributed by atoms with van der Waals surface area (Å²) < 4.78 is 11.6. The van der Waals surface area contributed by atoms with Crippen LogP contribution < -0.4 is 4.74 Å². The lowest BCUT2D eigenvalue weighted by Gasteiger charge is -2.33. The van der Waals surface area contributed by atoms with Crippen LogP contribution in [-0.4, -0.2) is 43.1 Å². The fourth-order valence-corrected chi connectivity index (χ4v) is 4.76. The van der Waals surface area contributed by atoms with E-state index in [9.17, 15) is 9.59 Å². The Hall–Kier alpha value is -4.22. The number of benzene rings is 4. The second-order valence-corrected chi connectivity index (χ2v) is 8.64. The minimum Gasteiger partial charge on any atom is -0.425 e. The van der Waals surface area contributed by atoms with Gasteiger partial charge in [-0.3, -0.25) is 4.79 Å². The minimum absolute atomic E-state index is 0.175. The predicted molar refractivity (Wildman–Crippen MR) is 138 cm³/mol. The summed E-state index contributed by atoms with van der Waals surface area (Å²) >= 11 is 0. The first-order valence-electron chi connectivity index (χ1n) is 12.1. The summed E-state index contributed by atoms with van der Waals surface area (Å²) in [4.78, 5) is 29.5. The summed E-state index contributed by atoms with van der Waals surface area (Å²) in [5.74, 6) is -0.411. The van der Waals surface area contributed by atoms with E-state index in [1.807, 2.05) is 91.0 Å². The molecular weight excluding hydrogens is 450 g/mol. The number of esters is 1. The third-order valence-corrected chi connectivity index (χ3v) is 6.55. The molecule has 1 amide bonds. The van der Waals surface area contributed by atoms with Crippen LogP contribution in [0.3, 0.4) is 0 Å². The molecule has 0 atom stereocenters. The molecule has 4 aromatic carbocycles. The maximum Gasteiger partial charge on any atom is 0.331 e. The van der Waals surface area contributed by atoms with Gasteiger partial charge in [-0.15, -0.1) is 0 Å². The maximum absolute atomic E-state index is 14.4. The Balaban J connectivity index is 1.63. The van der Waals surface area contributed by atoms with Gasteiger partial charge >= 0.3 is 5.97 Å². The second-order valence-electron chi connectivity index (χ2n) is 8.64. The predicted octanol–water partition coefficient (Wildman–Crippen LogP) is 5.10. The molecule has 0 spiro atoms.